The molecule has 0 radical (unpaired) electrons. The van der Waals surface area contributed by atoms with Crippen LogP contribution in [-0.4, -0.2) is 43.9 Å². The minimum atomic E-state index is -0.342. The van der Waals surface area contributed by atoms with Gasteiger partial charge in [0.05, 0.1) is 17.6 Å². The molecular formula is C21H22ClN3O2S. The standard InChI is InChI=1S/C21H22ClN3O2S/c1-25(2)13-16(14-8-4-3-5-9-14)24-18(26)12-23-21(27)20-19(22)15-10-6-7-11-17(15)28-20/h3-11,16H,12-13H2,1-2H3,(H,23,27)(H,24,26)/t16-/m0/s1. The molecule has 0 saturated carbocycles. The van der Waals surface area contributed by atoms with Crippen LogP contribution in [0.4, 0.5) is 0 Å². The Morgan fingerprint density at radius 2 is 1.75 bits per heavy atom. The van der Waals surface area contributed by atoms with Crippen LogP contribution in [0, 0.1) is 0 Å². The van der Waals surface area contributed by atoms with Gasteiger partial charge in [0, 0.05) is 16.6 Å². The zero-order valence-corrected chi connectivity index (χ0v) is 17.3. The Kier molecular flexibility index (Phi) is 6.67. The van der Waals surface area contributed by atoms with Gasteiger partial charge in [0.15, 0.2) is 0 Å². The van der Waals surface area contributed by atoms with Crippen LogP contribution < -0.4 is 10.6 Å². The second-order valence-corrected chi connectivity index (χ2v) is 8.15. The summed E-state index contributed by atoms with van der Waals surface area (Å²) in [7, 11) is 3.90. The lowest BCUT2D eigenvalue weighted by Gasteiger charge is -2.23. The van der Waals surface area contributed by atoms with Gasteiger partial charge in [0.2, 0.25) is 5.91 Å². The Balaban J connectivity index is 1.63. The summed E-state index contributed by atoms with van der Waals surface area (Å²) < 4.78 is 0.942. The first-order valence-corrected chi connectivity index (χ1v) is 10.1. The van der Waals surface area contributed by atoms with E-state index in [-0.39, 0.29) is 24.4 Å². The molecule has 3 rings (SSSR count). The van der Waals surface area contributed by atoms with E-state index in [2.05, 4.69) is 10.6 Å². The Labute approximate surface area is 173 Å². The average molecular weight is 416 g/mol. The molecule has 0 fully saturated rings. The molecule has 1 heterocycles. The van der Waals surface area contributed by atoms with Gasteiger partial charge in [0.25, 0.3) is 5.91 Å². The van der Waals surface area contributed by atoms with Gasteiger partial charge in [-0.2, -0.15) is 0 Å². The molecule has 0 spiro atoms. The molecule has 7 heteroatoms. The Morgan fingerprint density at radius 3 is 2.43 bits per heavy atom. The number of fused-ring (bicyclic) bond motifs is 1. The number of thiophene rings is 1. The number of carbonyl (C=O) groups excluding carboxylic acids is 2. The second-order valence-electron chi connectivity index (χ2n) is 6.72. The molecule has 0 aliphatic carbocycles. The van der Waals surface area contributed by atoms with E-state index in [1.54, 1.807) is 0 Å². The zero-order chi connectivity index (χ0) is 20.1. The van der Waals surface area contributed by atoms with Crippen molar-refractivity contribution in [2.24, 2.45) is 0 Å². The van der Waals surface area contributed by atoms with Crippen LogP contribution in [0.15, 0.2) is 54.6 Å². The van der Waals surface area contributed by atoms with Crippen molar-refractivity contribution in [2.45, 2.75) is 6.04 Å². The third-order valence-corrected chi connectivity index (χ3v) is 5.91. The lowest BCUT2D eigenvalue weighted by Crippen LogP contribution is -2.41. The van der Waals surface area contributed by atoms with E-state index in [1.807, 2.05) is 73.6 Å². The van der Waals surface area contributed by atoms with Crippen LogP contribution in [0.2, 0.25) is 5.02 Å². The predicted octanol–water partition coefficient (Wildman–Crippen LogP) is 3.70. The van der Waals surface area contributed by atoms with E-state index >= 15 is 0 Å². The quantitative estimate of drug-likeness (QED) is 0.618. The Bertz CT molecular complexity index is 972. The summed E-state index contributed by atoms with van der Waals surface area (Å²) in [5, 5.41) is 6.93. The largest absolute Gasteiger partial charge is 0.346 e. The molecule has 1 aromatic heterocycles. The van der Waals surface area contributed by atoms with E-state index in [1.165, 1.54) is 11.3 Å². The summed E-state index contributed by atoms with van der Waals surface area (Å²) in [5.74, 6) is -0.591. The number of rotatable bonds is 7. The number of likely N-dealkylation sites (N-methyl/N-ethyl adjacent to an activating group) is 1. The number of nitrogens with one attached hydrogen (secondary N) is 2. The molecular weight excluding hydrogens is 394 g/mol. The summed E-state index contributed by atoms with van der Waals surface area (Å²) in [5.41, 5.74) is 1.02. The van der Waals surface area contributed by atoms with Crippen LogP contribution in [0.3, 0.4) is 0 Å². The fourth-order valence-electron chi connectivity index (χ4n) is 2.93. The smallest absolute Gasteiger partial charge is 0.263 e. The van der Waals surface area contributed by atoms with Gasteiger partial charge in [-0.05, 0) is 25.7 Å². The van der Waals surface area contributed by atoms with Crippen LogP contribution in [0.25, 0.3) is 10.1 Å². The lowest BCUT2D eigenvalue weighted by molar-refractivity contribution is -0.121. The topological polar surface area (TPSA) is 61.4 Å². The maximum atomic E-state index is 12.5. The van der Waals surface area contributed by atoms with E-state index in [0.29, 0.717) is 16.4 Å². The van der Waals surface area contributed by atoms with Crippen molar-refractivity contribution in [2.75, 3.05) is 27.2 Å². The highest BCUT2D eigenvalue weighted by Crippen LogP contribution is 2.34. The van der Waals surface area contributed by atoms with Gasteiger partial charge in [0.1, 0.15) is 4.88 Å². The van der Waals surface area contributed by atoms with Gasteiger partial charge in [-0.1, -0.05) is 60.1 Å². The van der Waals surface area contributed by atoms with Crippen molar-refractivity contribution < 1.29 is 9.59 Å². The number of nitrogens with zero attached hydrogens (tertiary/aromatic N) is 1. The molecule has 0 aliphatic rings. The van der Waals surface area contributed by atoms with Gasteiger partial charge in [-0.15, -0.1) is 11.3 Å². The molecule has 0 unspecified atom stereocenters. The van der Waals surface area contributed by atoms with Crippen molar-refractivity contribution in [3.05, 3.63) is 70.1 Å². The third kappa shape index (κ3) is 4.90. The number of carbonyl (C=O) groups is 2. The summed E-state index contributed by atoms with van der Waals surface area (Å²) in [6, 6.07) is 17.2. The van der Waals surface area contributed by atoms with Crippen LogP contribution in [0.1, 0.15) is 21.3 Å². The minimum Gasteiger partial charge on any atom is -0.346 e. The summed E-state index contributed by atoms with van der Waals surface area (Å²) >= 11 is 7.65. The molecule has 146 valence electrons. The monoisotopic (exact) mass is 415 g/mol. The maximum Gasteiger partial charge on any atom is 0.263 e. The van der Waals surface area contributed by atoms with Crippen LogP contribution in [0.5, 0.6) is 0 Å². The molecule has 3 aromatic rings. The Morgan fingerprint density at radius 1 is 1.07 bits per heavy atom. The van der Waals surface area contributed by atoms with Gasteiger partial charge in [-0.3, -0.25) is 9.59 Å². The number of halogens is 1. The van der Waals surface area contributed by atoms with Crippen molar-refractivity contribution in [3.63, 3.8) is 0 Å². The summed E-state index contributed by atoms with van der Waals surface area (Å²) in [6.45, 7) is 0.548. The summed E-state index contributed by atoms with van der Waals surface area (Å²) in [4.78, 5) is 27.4. The third-order valence-electron chi connectivity index (χ3n) is 4.24. The van der Waals surface area contributed by atoms with Crippen molar-refractivity contribution in [1.82, 2.24) is 15.5 Å². The number of benzene rings is 2. The highest BCUT2D eigenvalue weighted by molar-refractivity contribution is 7.21. The number of hydrogen-bond donors (Lipinski definition) is 2. The SMILES string of the molecule is CN(C)C[C@H](NC(=O)CNC(=O)c1sc2ccccc2c1Cl)c1ccccc1. The molecule has 2 N–H and O–H groups in total. The van der Waals surface area contributed by atoms with E-state index in [9.17, 15) is 9.59 Å². The predicted molar refractivity (Wildman–Crippen MR) is 115 cm³/mol. The molecule has 5 nitrogen and oxygen atoms in total. The fourth-order valence-corrected chi connectivity index (χ4v) is 4.36. The molecule has 0 saturated heterocycles. The van der Waals surface area contributed by atoms with Crippen molar-refractivity contribution >= 4 is 44.8 Å². The van der Waals surface area contributed by atoms with Gasteiger partial charge in [-0.25, -0.2) is 0 Å². The minimum absolute atomic E-state index is 0.111. The molecule has 28 heavy (non-hydrogen) atoms. The normalized spacial score (nSPS) is 12.1. The first-order valence-electron chi connectivity index (χ1n) is 8.90. The first kappa shape index (κ1) is 20.3. The molecule has 2 amide bonds. The van der Waals surface area contributed by atoms with E-state index in [0.717, 1.165) is 15.6 Å². The van der Waals surface area contributed by atoms with Gasteiger partial charge < -0.3 is 15.5 Å². The first-order chi connectivity index (χ1) is 13.5. The highest BCUT2D eigenvalue weighted by Gasteiger charge is 2.19. The van der Waals surface area contributed by atoms with E-state index < -0.39 is 0 Å². The van der Waals surface area contributed by atoms with Crippen molar-refractivity contribution in [1.29, 1.82) is 0 Å². The van der Waals surface area contributed by atoms with Crippen molar-refractivity contribution in [3.8, 4) is 0 Å². The van der Waals surface area contributed by atoms with Gasteiger partial charge >= 0.3 is 0 Å². The second kappa shape index (κ2) is 9.19. The molecule has 2 aromatic carbocycles. The summed E-state index contributed by atoms with van der Waals surface area (Å²) in [6.07, 6.45) is 0. The molecule has 0 aliphatic heterocycles. The average Bonchev–Trinajstić information content (AvgIpc) is 3.03. The Hall–Kier alpha value is -2.41. The molecule has 1 atom stereocenters. The lowest BCUT2D eigenvalue weighted by atomic mass is 10.1. The molecule has 0 bridgehead atoms. The number of amides is 2. The zero-order valence-electron chi connectivity index (χ0n) is 15.7. The number of hydrogen-bond acceptors (Lipinski definition) is 4. The highest BCUT2D eigenvalue weighted by atomic mass is 35.5. The maximum absolute atomic E-state index is 12.5. The van der Waals surface area contributed by atoms with E-state index in [4.69, 9.17) is 11.6 Å². The fraction of sp³-hybridized carbons (Fsp3) is 0.238. The van der Waals surface area contributed by atoms with Crippen LogP contribution >= 0.6 is 22.9 Å². The van der Waals surface area contributed by atoms with Crippen LogP contribution in [-0.2, 0) is 4.79 Å².